The highest BCUT2D eigenvalue weighted by Crippen LogP contribution is 2.11. The van der Waals surface area contributed by atoms with Gasteiger partial charge in [-0.15, -0.1) is 0 Å². The van der Waals surface area contributed by atoms with E-state index in [2.05, 4.69) is 5.10 Å². The molecule has 0 amide bonds. The first-order valence-corrected chi connectivity index (χ1v) is 3.56. The second-order valence-electron chi connectivity index (χ2n) is 2.69. The van der Waals surface area contributed by atoms with Gasteiger partial charge in [0.05, 0.1) is 0 Å². The number of carbonyl (C=O) groups is 1. The largest absolute Gasteiger partial charge is 0.480 e. The number of nitrogen functional groups attached to an aromatic ring is 1. The number of aryl methyl sites for hydroxylation is 1. The molecule has 1 rings (SSSR count). The lowest BCUT2D eigenvalue weighted by Crippen LogP contribution is -2.16. The fraction of sp³-hybridized carbons (Fsp3) is 0.429. The summed E-state index contributed by atoms with van der Waals surface area (Å²) < 4.78 is 1.34. The van der Waals surface area contributed by atoms with E-state index >= 15 is 0 Å². The van der Waals surface area contributed by atoms with Crippen LogP contribution in [-0.4, -0.2) is 20.9 Å². The monoisotopic (exact) mass is 169 g/mol. The Morgan fingerprint density at radius 3 is 2.75 bits per heavy atom. The number of nitrogens with two attached hydrogens (primary N) is 1. The molecular formula is C7H11N3O2. The lowest BCUT2D eigenvalue weighted by Gasteiger charge is -2.04. The Bertz CT molecular complexity index is 286. The molecule has 1 heterocycles. The summed E-state index contributed by atoms with van der Waals surface area (Å²) in [6, 6.07) is -0.666. The second kappa shape index (κ2) is 2.84. The summed E-state index contributed by atoms with van der Waals surface area (Å²) in [7, 11) is 0. The lowest BCUT2D eigenvalue weighted by molar-refractivity contribution is -0.140. The molecule has 0 saturated carbocycles. The summed E-state index contributed by atoms with van der Waals surface area (Å²) in [5, 5.41) is 12.5. The molecule has 5 nitrogen and oxygen atoms in total. The maximum absolute atomic E-state index is 10.5. The number of carboxylic acid groups (broad SMARTS) is 1. The predicted octanol–water partition coefficient (Wildman–Crippen LogP) is 0.419. The van der Waals surface area contributed by atoms with Crippen LogP contribution < -0.4 is 5.73 Å². The summed E-state index contributed by atoms with van der Waals surface area (Å²) in [5.41, 5.74) is 6.25. The maximum Gasteiger partial charge on any atom is 0.328 e. The summed E-state index contributed by atoms with van der Waals surface area (Å²) >= 11 is 0. The van der Waals surface area contributed by atoms with Crippen LogP contribution >= 0.6 is 0 Å². The Balaban J connectivity index is 2.96. The van der Waals surface area contributed by atoms with Gasteiger partial charge in [0.15, 0.2) is 0 Å². The van der Waals surface area contributed by atoms with Crippen LogP contribution in [0, 0.1) is 6.92 Å². The number of aromatic nitrogens is 2. The summed E-state index contributed by atoms with van der Waals surface area (Å²) in [5.74, 6) is -0.541. The Morgan fingerprint density at radius 1 is 1.83 bits per heavy atom. The van der Waals surface area contributed by atoms with Crippen LogP contribution in [0.5, 0.6) is 0 Å². The number of hydrogen-bond acceptors (Lipinski definition) is 3. The number of nitrogens with zero attached hydrogens (tertiary/aromatic N) is 2. The van der Waals surface area contributed by atoms with Crippen molar-refractivity contribution in [3.8, 4) is 0 Å². The van der Waals surface area contributed by atoms with E-state index in [9.17, 15) is 4.79 Å². The molecule has 0 bridgehead atoms. The molecule has 5 heteroatoms. The van der Waals surface area contributed by atoms with E-state index < -0.39 is 12.0 Å². The SMILES string of the molecule is Cc1cn([C@H](C)C(=O)O)nc1N. The third kappa shape index (κ3) is 1.39. The molecule has 0 saturated heterocycles. The van der Waals surface area contributed by atoms with E-state index in [1.54, 1.807) is 20.0 Å². The molecule has 0 unspecified atom stereocenters. The molecule has 1 aromatic rings. The van der Waals surface area contributed by atoms with E-state index in [0.29, 0.717) is 5.82 Å². The highest BCUT2D eigenvalue weighted by atomic mass is 16.4. The highest BCUT2D eigenvalue weighted by molar-refractivity contribution is 5.71. The van der Waals surface area contributed by atoms with Gasteiger partial charge in [-0.2, -0.15) is 5.10 Å². The minimum atomic E-state index is -0.919. The standard InChI is InChI=1S/C7H11N3O2/c1-4-3-10(9-6(4)8)5(2)7(11)12/h3,5H,1-2H3,(H2,8,9)(H,11,12)/t5-/m1/s1. The molecule has 0 aliphatic rings. The summed E-state index contributed by atoms with van der Waals surface area (Å²) in [6.07, 6.45) is 1.62. The summed E-state index contributed by atoms with van der Waals surface area (Å²) in [4.78, 5) is 10.5. The fourth-order valence-electron chi connectivity index (χ4n) is 0.808. The molecule has 1 atom stereocenters. The van der Waals surface area contributed by atoms with Crippen LogP contribution in [0.15, 0.2) is 6.20 Å². The van der Waals surface area contributed by atoms with Gasteiger partial charge in [0.25, 0.3) is 0 Å². The van der Waals surface area contributed by atoms with Crippen molar-refractivity contribution in [2.45, 2.75) is 19.9 Å². The van der Waals surface area contributed by atoms with Gasteiger partial charge in [0, 0.05) is 11.8 Å². The van der Waals surface area contributed by atoms with Crippen molar-refractivity contribution in [1.82, 2.24) is 9.78 Å². The molecule has 0 aromatic carbocycles. The van der Waals surface area contributed by atoms with E-state index in [-0.39, 0.29) is 0 Å². The number of hydrogen-bond donors (Lipinski definition) is 2. The molecule has 0 fully saturated rings. The molecule has 1 aromatic heterocycles. The van der Waals surface area contributed by atoms with Crippen molar-refractivity contribution in [2.24, 2.45) is 0 Å². The van der Waals surface area contributed by atoms with Gasteiger partial charge in [0.2, 0.25) is 0 Å². The van der Waals surface area contributed by atoms with E-state index in [0.717, 1.165) is 5.56 Å². The molecular weight excluding hydrogens is 158 g/mol. The fourth-order valence-corrected chi connectivity index (χ4v) is 0.808. The quantitative estimate of drug-likeness (QED) is 0.672. The maximum atomic E-state index is 10.5. The van der Waals surface area contributed by atoms with Gasteiger partial charge in [-0.1, -0.05) is 0 Å². The first-order chi connectivity index (χ1) is 5.52. The Labute approximate surface area is 69.8 Å². The smallest absolute Gasteiger partial charge is 0.328 e. The zero-order chi connectivity index (χ0) is 9.30. The molecule has 3 N–H and O–H groups in total. The van der Waals surface area contributed by atoms with Gasteiger partial charge in [-0.05, 0) is 13.8 Å². The molecule has 66 valence electrons. The van der Waals surface area contributed by atoms with Gasteiger partial charge in [-0.3, -0.25) is 4.68 Å². The van der Waals surface area contributed by atoms with Crippen LogP contribution in [0.2, 0.25) is 0 Å². The Hall–Kier alpha value is -1.52. The van der Waals surface area contributed by atoms with Crippen molar-refractivity contribution in [3.63, 3.8) is 0 Å². The number of aliphatic carboxylic acids is 1. The first-order valence-electron chi connectivity index (χ1n) is 3.56. The van der Waals surface area contributed by atoms with Crippen molar-refractivity contribution >= 4 is 11.8 Å². The van der Waals surface area contributed by atoms with Crippen LogP contribution in [0.3, 0.4) is 0 Å². The number of carboxylic acids is 1. The topological polar surface area (TPSA) is 81.1 Å². The second-order valence-corrected chi connectivity index (χ2v) is 2.69. The highest BCUT2D eigenvalue weighted by Gasteiger charge is 2.14. The van der Waals surface area contributed by atoms with E-state index in [1.165, 1.54) is 4.68 Å². The predicted molar refractivity (Wildman–Crippen MR) is 43.7 cm³/mol. The summed E-state index contributed by atoms with van der Waals surface area (Å²) in [6.45, 7) is 3.33. The molecule has 0 radical (unpaired) electrons. The molecule has 12 heavy (non-hydrogen) atoms. The van der Waals surface area contributed by atoms with Crippen LogP contribution in [0.25, 0.3) is 0 Å². The number of anilines is 1. The minimum absolute atomic E-state index is 0.378. The average Bonchev–Trinajstić information content (AvgIpc) is 2.30. The average molecular weight is 169 g/mol. The van der Waals surface area contributed by atoms with E-state index in [4.69, 9.17) is 10.8 Å². The van der Waals surface area contributed by atoms with Crippen molar-refractivity contribution in [2.75, 3.05) is 5.73 Å². The van der Waals surface area contributed by atoms with Gasteiger partial charge in [0.1, 0.15) is 11.9 Å². The van der Waals surface area contributed by atoms with E-state index in [1.807, 2.05) is 0 Å². The zero-order valence-corrected chi connectivity index (χ0v) is 6.98. The lowest BCUT2D eigenvalue weighted by atomic mass is 10.3. The molecule has 0 spiro atoms. The van der Waals surface area contributed by atoms with Crippen molar-refractivity contribution in [3.05, 3.63) is 11.8 Å². The van der Waals surface area contributed by atoms with Gasteiger partial charge >= 0.3 is 5.97 Å². The van der Waals surface area contributed by atoms with Crippen LogP contribution in [-0.2, 0) is 4.79 Å². The molecule has 0 aliphatic carbocycles. The van der Waals surface area contributed by atoms with Crippen molar-refractivity contribution in [1.29, 1.82) is 0 Å². The third-order valence-electron chi connectivity index (χ3n) is 1.71. The Kier molecular flexibility index (Phi) is 2.03. The van der Waals surface area contributed by atoms with Gasteiger partial charge in [-0.25, -0.2) is 4.79 Å². The third-order valence-corrected chi connectivity index (χ3v) is 1.71. The normalized spacial score (nSPS) is 12.8. The van der Waals surface area contributed by atoms with Crippen LogP contribution in [0.4, 0.5) is 5.82 Å². The van der Waals surface area contributed by atoms with Crippen LogP contribution in [0.1, 0.15) is 18.5 Å². The van der Waals surface area contributed by atoms with Crippen molar-refractivity contribution < 1.29 is 9.90 Å². The molecule has 0 aliphatic heterocycles. The van der Waals surface area contributed by atoms with Gasteiger partial charge < -0.3 is 10.8 Å². The first kappa shape index (κ1) is 8.58. The zero-order valence-electron chi connectivity index (χ0n) is 6.98. The minimum Gasteiger partial charge on any atom is -0.480 e. The number of rotatable bonds is 2. The Morgan fingerprint density at radius 2 is 2.42 bits per heavy atom.